The van der Waals surface area contributed by atoms with Gasteiger partial charge in [0.15, 0.2) is 0 Å². The van der Waals surface area contributed by atoms with Crippen molar-refractivity contribution in [3.05, 3.63) is 62.5 Å². The Hall–Kier alpha value is -3.62. The number of furan rings is 1. The molecule has 1 aromatic carbocycles. The molecule has 2 aromatic heterocycles. The Balaban J connectivity index is 1.74. The minimum absolute atomic E-state index is 0.00818. The molecule has 4 rings (SSSR count). The van der Waals surface area contributed by atoms with Crippen molar-refractivity contribution in [2.24, 2.45) is 0 Å². The van der Waals surface area contributed by atoms with Gasteiger partial charge < -0.3 is 14.6 Å². The summed E-state index contributed by atoms with van der Waals surface area (Å²) in [6.07, 6.45) is 1.26. The van der Waals surface area contributed by atoms with Crippen LogP contribution < -0.4 is 16.6 Å². The van der Waals surface area contributed by atoms with E-state index in [4.69, 9.17) is 4.42 Å². The fourth-order valence-corrected chi connectivity index (χ4v) is 3.94. The number of fused-ring (bicyclic) bond motifs is 1. The van der Waals surface area contributed by atoms with Gasteiger partial charge in [0.1, 0.15) is 11.1 Å². The van der Waals surface area contributed by atoms with Crippen molar-refractivity contribution >= 4 is 22.9 Å². The summed E-state index contributed by atoms with van der Waals surface area (Å²) in [5.74, 6) is -0.143. The number of nitrogens with one attached hydrogen (secondary N) is 2. The average molecular weight is 410 g/mol. The number of likely N-dealkylation sites (tertiary alicyclic amines) is 1. The van der Waals surface area contributed by atoms with Crippen LogP contribution in [0.2, 0.25) is 0 Å². The minimum Gasteiger partial charge on any atom is -0.444 e. The predicted molar refractivity (Wildman–Crippen MR) is 110 cm³/mol. The number of hydrogen-bond donors (Lipinski definition) is 2. The fraction of sp³-hybridized carbons (Fsp3) is 0.333. The largest absolute Gasteiger partial charge is 0.444 e. The molecule has 0 bridgehead atoms. The van der Waals surface area contributed by atoms with Gasteiger partial charge in [-0.3, -0.25) is 19.4 Å². The van der Waals surface area contributed by atoms with Crippen LogP contribution in [-0.2, 0) is 4.79 Å². The number of H-pyrrole nitrogens is 1. The lowest BCUT2D eigenvalue weighted by Gasteiger charge is -2.32. The molecule has 1 saturated heterocycles. The third-order valence-electron chi connectivity index (χ3n) is 5.34. The number of rotatable bonds is 3. The van der Waals surface area contributed by atoms with Gasteiger partial charge in [-0.25, -0.2) is 9.36 Å². The number of amides is 2. The van der Waals surface area contributed by atoms with Crippen LogP contribution in [0, 0.1) is 6.92 Å². The summed E-state index contributed by atoms with van der Waals surface area (Å²) < 4.78 is 6.56. The number of aromatic amines is 1. The van der Waals surface area contributed by atoms with Crippen molar-refractivity contribution in [3.63, 3.8) is 0 Å². The zero-order chi connectivity index (χ0) is 21.4. The lowest BCUT2D eigenvalue weighted by molar-refractivity contribution is -0.119. The highest BCUT2D eigenvalue weighted by Crippen LogP contribution is 2.24. The van der Waals surface area contributed by atoms with Crippen molar-refractivity contribution in [1.82, 2.24) is 19.8 Å². The second-order valence-electron chi connectivity index (χ2n) is 7.41. The number of hydrogen-bond acceptors (Lipinski definition) is 5. The number of carbonyl (C=O) groups excluding carboxylic acids is 2. The van der Waals surface area contributed by atoms with E-state index in [1.54, 1.807) is 42.2 Å². The highest BCUT2D eigenvalue weighted by Gasteiger charge is 2.30. The van der Waals surface area contributed by atoms with Gasteiger partial charge in [-0.1, -0.05) is 18.2 Å². The minimum atomic E-state index is -0.637. The summed E-state index contributed by atoms with van der Waals surface area (Å²) in [5, 5.41) is 2.93. The molecule has 0 saturated carbocycles. The maximum Gasteiger partial charge on any atom is 0.335 e. The van der Waals surface area contributed by atoms with E-state index in [9.17, 15) is 19.2 Å². The summed E-state index contributed by atoms with van der Waals surface area (Å²) in [4.78, 5) is 54.4. The molecule has 0 radical (unpaired) electrons. The summed E-state index contributed by atoms with van der Waals surface area (Å²) in [5.41, 5.74) is -0.685. The molecule has 1 aliphatic rings. The third-order valence-corrected chi connectivity index (χ3v) is 5.34. The standard InChI is InChI=1S/C21H22N4O5/c1-12-16(19(27)24-10-8-14(9-11-24)22-13(2)26)17-18(30-12)23-21(29)25(20(17)28)15-6-4-3-5-7-15/h3-7,14H,8-11H2,1-2H3,(H,22,26)(H,23,29). The van der Waals surface area contributed by atoms with E-state index in [2.05, 4.69) is 10.3 Å². The Morgan fingerprint density at radius 3 is 2.43 bits per heavy atom. The zero-order valence-electron chi connectivity index (χ0n) is 16.7. The molecule has 2 N–H and O–H groups in total. The molecule has 2 amide bonds. The zero-order valence-corrected chi connectivity index (χ0v) is 16.7. The molecule has 0 unspecified atom stereocenters. The molecule has 0 aliphatic carbocycles. The average Bonchev–Trinajstić information content (AvgIpc) is 3.04. The van der Waals surface area contributed by atoms with E-state index in [0.29, 0.717) is 31.6 Å². The van der Waals surface area contributed by atoms with Crippen LogP contribution >= 0.6 is 0 Å². The summed E-state index contributed by atoms with van der Waals surface area (Å²) >= 11 is 0. The molecule has 3 heterocycles. The number of carbonyl (C=O) groups is 2. The van der Waals surface area contributed by atoms with Gasteiger partial charge in [0.2, 0.25) is 11.6 Å². The number of aromatic nitrogens is 2. The molecule has 30 heavy (non-hydrogen) atoms. The molecule has 0 spiro atoms. The van der Waals surface area contributed by atoms with Crippen LogP contribution in [-0.4, -0.2) is 45.4 Å². The Bertz CT molecular complexity index is 1230. The number of benzene rings is 1. The monoisotopic (exact) mass is 410 g/mol. The van der Waals surface area contributed by atoms with Crippen LogP contribution in [0.3, 0.4) is 0 Å². The second-order valence-corrected chi connectivity index (χ2v) is 7.41. The third kappa shape index (κ3) is 3.42. The van der Waals surface area contributed by atoms with Crippen molar-refractivity contribution in [1.29, 1.82) is 0 Å². The van der Waals surface area contributed by atoms with Gasteiger partial charge in [0.05, 0.1) is 11.3 Å². The Morgan fingerprint density at radius 2 is 1.80 bits per heavy atom. The van der Waals surface area contributed by atoms with Crippen molar-refractivity contribution in [2.75, 3.05) is 13.1 Å². The summed E-state index contributed by atoms with van der Waals surface area (Å²) in [6.45, 7) is 3.97. The van der Waals surface area contributed by atoms with E-state index in [1.165, 1.54) is 6.92 Å². The van der Waals surface area contributed by atoms with Gasteiger partial charge >= 0.3 is 5.69 Å². The van der Waals surface area contributed by atoms with Crippen molar-refractivity contribution < 1.29 is 14.0 Å². The summed E-state index contributed by atoms with van der Waals surface area (Å²) in [7, 11) is 0. The lowest BCUT2D eigenvalue weighted by atomic mass is 10.0. The first-order valence-corrected chi connectivity index (χ1v) is 9.77. The Kier molecular flexibility index (Phi) is 5.03. The van der Waals surface area contributed by atoms with E-state index in [1.807, 2.05) is 0 Å². The van der Waals surface area contributed by atoms with E-state index >= 15 is 0 Å². The molecule has 1 fully saturated rings. The van der Waals surface area contributed by atoms with Crippen molar-refractivity contribution in [3.8, 4) is 5.69 Å². The Labute approximate surface area is 171 Å². The van der Waals surface area contributed by atoms with E-state index in [0.717, 1.165) is 4.57 Å². The van der Waals surface area contributed by atoms with Gasteiger partial charge in [-0.15, -0.1) is 0 Å². The van der Waals surface area contributed by atoms with Gasteiger partial charge in [-0.05, 0) is 31.9 Å². The predicted octanol–water partition coefficient (Wildman–Crippen LogP) is 1.32. The Morgan fingerprint density at radius 1 is 1.13 bits per heavy atom. The van der Waals surface area contributed by atoms with Gasteiger partial charge in [0.25, 0.3) is 11.5 Å². The van der Waals surface area contributed by atoms with Crippen LogP contribution in [0.4, 0.5) is 0 Å². The second kappa shape index (κ2) is 7.66. The van der Waals surface area contributed by atoms with E-state index < -0.39 is 11.2 Å². The molecule has 3 aromatic rings. The SMILES string of the molecule is CC(=O)NC1CCN(C(=O)c2c(C)oc3[nH]c(=O)n(-c4ccccc4)c(=O)c23)CC1. The number of para-hydroxylation sites is 1. The number of piperidine rings is 1. The first-order chi connectivity index (χ1) is 14.4. The topological polar surface area (TPSA) is 117 Å². The van der Waals surface area contributed by atoms with Crippen molar-refractivity contribution in [2.45, 2.75) is 32.7 Å². The quantitative estimate of drug-likeness (QED) is 0.675. The van der Waals surface area contributed by atoms with Gasteiger partial charge in [-0.2, -0.15) is 0 Å². The molecule has 9 nitrogen and oxygen atoms in total. The molecule has 156 valence electrons. The molecular weight excluding hydrogens is 388 g/mol. The lowest BCUT2D eigenvalue weighted by Crippen LogP contribution is -2.46. The van der Waals surface area contributed by atoms with E-state index in [-0.39, 0.29) is 40.3 Å². The highest BCUT2D eigenvalue weighted by molar-refractivity contribution is 6.06. The molecular formula is C21H22N4O5. The first kappa shape index (κ1) is 19.7. The summed E-state index contributed by atoms with van der Waals surface area (Å²) in [6, 6.07) is 8.53. The fourth-order valence-electron chi connectivity index (χ4n) is 3.94. The van der Waals surface area contributed by atoms with Crippen LogP contribution in [0.1, 0.15) is 35.9 Å². The van der Waals surface area contributed by atoms with Gasteiger partial charge in [0, 0.05) is 26.1 Å². The maximum atomic E-state index is 13.2. The smallest absolute Gasteiger partial charge is 0.335 e. The number of aryl methyl sites for hydroxylation is 1. The molecule has 9 heteroatoms. The number of nitrogens with zero attached hydrogens (tertiary/aromatic N) is 2. The van der Waals surface area contributed by atoms with Crippen LogP contribution in [0.5, 0.6) is 0 Å². The molecule has 1 aliphatic heterocycles. The molecule has 0 atom stereocenters. The maximum absolute atomic E-state index is 13.2. The van der Waals surface area contributed by atoms with Crippen LogP contribution in [0.15, 0.2) is 44.3 Å². The first-order valence-electron chi connectivity index (χ1n) is 9.77. The highest BCUT2D eigenvalue weighted by atomic mass is 16.3. The normalized spacial score (nSPS) is 14.8. The van der Waals surface area contributed by atoms with Crippen LogP contribution in [0.25, 0.3) is 16.8 Å².